The zero-order valence-electron chi connectivity index (χ0n) is 13.2. The second-order valence-electron chi connectivity index (χ2n) is 5.17. The van der Waals surface area contributed by atoms with Crippen LogP contribution in [0.3, 0.4) is 0 Å². The molecule has 0 amide bonds. The lowest BCUT2D eigenvalue weighted by Crippen LogP contribution is -2.11. The van der Waals surface area contributed by atoms with E-state index < -0.39 is 11.9 Å². The Morgan fingerprint density at radius 1 is 1.13 bits per heavy atom. The van der Waals surface area contributed by atoms with Crippen molar-refractivity contribution >= 4 is 34.3 Å². The molecule has 0 fully saturated rings. The molecular formula is C18H17ClO4. The van der Waals surface area contributed by atoms with Crippen LogP contribution < -0.4 is 9.47 Å². The first-order chi connectivity index (χ1) is 10.8. The molecule has 0 aliphatic carbocycles. The molecule has 2 aromatic rings. The van der Waals surface area contributed by atoms with Crippen molar-refractivity contribution in [3.8, 4) is 11.5 Å². The Kier molecular flexibility index (Phi) is 5.06. The molecule has 0 heterocycles. The number of aryl methyl sites for hydroxylation is 1. The Hall–Kier alpha value is -2.33. The molecule has 2 rings (SSSR count). The zero-order valence-corrected chi connectivity index (χ0v) is 14.0. The van der Waals surface area contributed by atoms with Gasteiger partial charge >= 0.3 is 11.9 Å². The van der Waals surface area contributed by atoms with Gasteiger partial charge in [-0.2, -0.15) is 0 Å². The highest BCUT2D eigenvalue weighted by Gasteiger charge is 2.18. The van der Waals surface area contributed by atoms with Gasteiger partial charge in [0.1, 0.15) is 11.5 Å². The third-order valence-electron chi connectivity index (χ3n) is 3.27. The predicted octanol–water partition coefficient (Wildman–Crippen LogP) is 4.46. The minimum Gasteiger partial charge on any atom is -0.426 e. The van der Waals surface area contributed by atoms with Gasteiger partial charge in [0.25, 0.3) is 0 Å². The van der Waals surface area contributed by atoms with Crippen molar-refractivity contribution < 1.29 is 19.1 Å². The normalized spacial score (nSPS) is 10.4. The number of rotatable bonds is 4. The molecule has 23 heavy (non-hydrogen) atoms. The summed E-state index contributed by atoms with van der Waals surface area (Å²) >= 11 is 6.05. The van der Waals surface area contributed by atoms with E-state index in [9.17, 15) is 9.59 Å². The molecule has 0 atom stereocenters. The van der Waals surface area contributed by atoms with Crippen LogP contribution in [0.5, 0.6) is 11.5 Å². The van der Waals surface area contributed by atoms with Crippen LogP contribution in [-0.4, -0.2) is 11.9 Å². The Morgan fingerprint density at radius 2 is 1.83 bits per heavy atom. The lowest BCUT2D eigenvalue weighted by Gasteiger charge is -2.15. The van der Waals surface area contributed by atoms with Crippen molar-refractivity contribution in [1.82, 2.24) is 0 Å². The van der Waals surface area contributed by atoms with E-state index in [1.807, 2.05) is 6.92 Å². The van der Waals surface area contributed by atoms with Gasteiger partial charge in [0.2, 0.25) is 0 Å². The highest BCUT2D eigenvalue weighted by atomic mass is 35.5. The largest absolute Gasteiger partial charge is 0.426 e. The number of esters is 2. The maximum absolute atomic E-state index is 11.9. The molecule has 4 nitrogen and oxygen atoms in total. The Labute approximate surface area is 139 Å². The van der Waals surface area contributed by atoms with E-state index in [2.05, 4.69) is 6.58 Å². The van der Waals surface area contributed by atoms with E-state index in [1.165, 1.54) is 6.92 Å². The fraction of sp³-hybridized carbons (Fsp3) is 0.222. The van der Waals surface area contributed by atoms with E-state index in [0.717, 1.165) is 5.56 Å². The van der Waals surface area contributed by atoms with Gasteiger partial charge in [-0.05, 0) is 43.2 Å². The minimum atomic E-state index is -0.504. The maximum Gasteiger partial charge on any atom is 0.338 e. The topological polar surface area (TPSA) is 52.6 Å². The van der Waals surface area contributed by atoms with Crippen LogP contribution in [-0.2, 0) is 16.0 Å². The van der Waals surface area contributed by atoms with Gasteiger partial charge in [0.15, 0.2) is 0 Å². The van der Waals surface area contributed by atoms with Gasteiger partial charge in [-0.3, -0.25) is 4.79 Å². The number of ether oxygens (including phenoxy) is 2. The standard InChI is InChI=1S/C18H17ClO4/c1-5-12-8-16(22-11(4)20)15-9-13(19)6-7-14(15)17(12)23-18(21)10(2)3/h6-9H,2,5H2,1,3-4H3. The number of hydrogen-bond acceptors (Lipinski definition) is 4. The van der Waals surface area contributed by atoms with Crippen LogP contribution in [0.2, 0.25) is 5.02 Å². The van der Waals surface area contributed by atoms with Crippen LogP contribution in [0, 0.1) is 0 Å². The Bertz CT molecular complexity index is 808. The number of carbonyl (C=O) groups is 2. The Morgan fingerprint density at radius 3 is 2.39 bits per heavy atom. The molecule has 0 radical (unpaired) electrons. The summed E-state index contributed by atoms with van der Waals surface area (Å²) in [6.45, 7) is 8.43. The average Bonchev–Trinajstić information content (AvgIpc) is 2.48. The summed E-state index contributed by atoms with van der Waals surface area (Å²) in [4.78, 5) is 23.3. The predicted molar refractivity (Wildman–Crippen MR) is 90.1 cm³/mol. The third-order valence-corrected chi connectivity index (χ3v) is 3.50. The van der Waals surface area contributed by atoms with E-state index in [4.69, 9.17) is 21.1 Å². The van der Waals surface area contributed by atoms with Gasteiger partial charge in [-0.1, -0.05) is 25.1 Å². The van der Waals surface area contributed by atoms with Crippen LogP contribution in [0.25, 0.3) is 10.8 Å². The molecular weight excluding hydrogens is 316 g/mol. The van der Waals surface area contributed by atoms with E-state index >= 15 is 0 Å². The number of halogens is 1. The first-order valence-corrected chi connectivity index (χ1v) is 7.52. The number of hydrogen-bond donors (Lipinski definition) is 0. The molecule has 0 aliphatic heterocycles. The van der Waals surface area contributed by atoms with Crippen molar-refractivity contribution in [2.75, 3.05) is 0 Å². The van der Waals surface area contributed by atoms with Crippen molar-refractivity contribution in [2.45, 2.75) is 27.2 Å². The van der Waals surface area contributed by atoms with Crippen molar-refractivity contribution in [2.24, 2.45) is 0 Å². The number of fused-ring (bicyclic) bond motifs is 1. The number of carbonyl (C=O) groups excluding carboxylic acids is 2. The number of benzene rings is 2. The molecule has 0 unspecified atom stereocenters. The first-order valence-electron chi connectivity index (χ1n) is 7.14. The first kappa shape index (κ1) is 17.0. The van der Waals surface area contributed by atoms with Crippen LogP contribution in [0.4, 0.5) is 0 Å². The van der Waals surface area contributed by atoms with E-state index in [-0.39, 0.29) is 0 Å². The summed E-state index contributed by atoms with van der Waals surface area (Å²) in [5.41, 5.74) is 1.06. The maximum atomic E-state index is 11.9. The summed E-state index contributed by atoms with van der Waals surface area (Å²) in [5.74, 6) is -0.110. The second-order valence-corrected chi connectivity index (χ2v) is 5.61. The molecule has 0 aromatic heterocycles. The summed E-state index contributed by atoms with van der Waals surface area (Å²) < 4.78 is 10.8. The highest BCUT2D eigenvalue weighted by molar-refractivity contribution is 6.31. The van der Waals surface area contributed by atoms with Gasteiger partial charge in [0, 0.05) is 28.3 Å². The lowest BCUT2D eigenvalue weighted by atomic mass is 10.0. The molecule has 2 aromatic carbocycles. The van der Waals surface area contributed by atoms with Crippen molar-refractivity contribution in [3.63, 3.8) is 0 Å². The molecule has 0 bridgehead atoms. The summed E-state index contributed by atoms with van der Waals surface area (Å²) in [5, 5.41) is 1.75. The summed E-state index contributed by atoms with van der Waals surface area (Å²) in [6.07, 6.45) is 0.603. The third kappa shape index (κ3) is 3.71. The quantitative estimate of drug-likeness (QED) is 0.471. The van der Waals surface area contributed by atoms with E-state index in [0.29, 0.717) is 39.3 Å². The fourth-order valence-corrected chi connectivity index (χ4v) is 2.37. The van der Waals surface area contributed by atoms with Crippen LogP contribution >= 0.6 is 11.6 Å². The van der Waals surface area contributed by atoms with E-state index in [1.54, 1.807) is 31.2 Å². The van der Waals surface area contributed by atoms with Crippen molar-refractivity contribution in [3.05, 3.63) is 47.0 Å². The zero-order chi connectivity index (χ0) is 17.1. The van der Waals surface area contributed by atoms with Gasteiger partial charge in [-0.25, -0.2) is 4.79 Å². The molecule has 120 valence electrons. The molecule has 5 heteroatoms. The fourth-order valence-electron chi connectivity index (χ4n) is 2.20. The molecule has 0 saturated heterocycles. The van der Waals surface area contributed by atoms with Gasteiger partial charge in [-0.15, -0.1) is 0 Å². The van der Waals surface area contributed by atoms with Gasteiger partial charge in [0.05, 0.1) is 0 Å². The molecule has 0 N–H and O–H groups in total. The van der Waals surface area contributed by atoms with Crippen LogP contribution in [0.1, 0.15) is 26.3 Å². The SMILES string of the molecule is C=C(C)C(=O)Oc1c(CC)cc(OC(C)=O)c2cc(Cl)ccc12. The molecule has 0 aliphatic rings. The second kappa shape index (κ2) is 6.84. The van der Waals surface area contributed by atoms with Crippen molar-refractivity contribution in [1.29, 1.82) is 0 Å². The monoisotopic (exact) mass is 332 g/mol. The summed E-state index contributed by atoms with van der Waals surface area (Å²) in [6, 6.07) is 6.80. The molecule has 0 spiro atoms. The van der Waals surface area contributed by atoms with Gasteiger partial charge < -0.3 is 9.47 Å². The highest BCUT2D eigenvalue weighted by Crippen LogP contribution is 2.39. The lowest BCUT2D eigenvalue weighted by molar-refractivity contribution is -0.132. The minimum absolute atomic E-state index is 0.304. The molecule has 0 saturated carbocycles. The summed E-state index contributed by atoms with van der Waals surface area (Å²) in [7, 11) is 0. The van der Waals surface area contributed by atoms with Crippen LogP contribution in [0.15, 0.2) is 36.4 Å². The Balaban J connectivity index is 2.73. The smallest absolute Gasteiger partial charge is 0.338 e. The average molecular weight is 333 g/mol.